The molecule has 0 aliphatic carbocycles. The van der Waals surface area contributed by atoms with Crippen LogP contribution >= 0.6 is 11.8 Å². The van der Waals surface area contributed by atoms with Gasteiger partial charge in [0.05, 0.1) is 5.75 Å². The summed E-state index contributed by atoms with van der Waals surface area (Å²) in [6.07, 6.45) is 1.93. The molecule has 140 valence electrons. The van der Waals surface area contributed by atoms with Crippen LogP contribution in [0.3, 0.4) is 0 Å². The van der Waals surface area contributed by atoms with Crippen LogP contribution in [0.2, 0.25) is 0 Å². The minimum absolute atomic E-state index is 0.124. The van der Waals surface area contributed by atoms with Gasteiger partial charge in [-0.3, -0.25) is 9.36 Å². The molecule has 1 N–H and O–H groups in total. The molecule has 1 aliphatic heterocycles. The monoisotopic (exact) mass is 374 g/mol. The summed E-state index contributed by atoms with van der Waals surface area (Å²) >= 11 is 1.34. The van der Waals surface area contributed by atoms with Gasteiger partial charge >= 0.3 is 5.69 Å². The second kappa shape index (κ2) is 8.58. The van der Waals surface area contributed by atoms with E-state index in [9.17, 15) is 9.59 Å². The number of rotatable bonds is 6. The molecule has 2 aromatic rings. The van der Waals surface area contributed by atoms with Gasteiger partial charge in [0.15, 0.2) is 5.16 Å². The molecule has 0 bridgehead atoms. The molecule has 26 heavy (non-hydrogen) atoms. The number of amides is 1. The number of carbonyl (C=O) groups excluding carboxylic acids is 1. The number of piperidine rings is 1. The number of likely N-dealkylation sites (tertiary alicyclic amines) is 1. The third-order valence-corrected chi connectivity index (χ3v) is 5.70. The maximum atomic E-state index is 12.5. The van der Waals surface area contributed by atoms with Crippen molar-refractivity contribution in [2.45, 2.75) is 38.4 Å². The van der Waals surface area contributed by atoms with Gasteiger partial charge in [-0.05, 0) is 30.2 Å². The fourth-order valence-corrected chi connectivity index (χ4v) is 4.46. The molecule has 7 heteroatoms. The van der Waals surface area contributed by atoms with Crippen molar-refractivity contribution in [3.63, 3.8) is 0 Å². The summed E-state index contributed by atoms with van der Waals surface area (Å²) in [5.74, 6) is 1.53. The molecule has 2 atom stereocenters. The van der Waals surface area contributed by atoms with E-state index in [-0.39, 0.29) is 11.6 Å². The summed E-state index contributed by atoms with van der Waals surface area (Å²) in [4.78, 5) is 26.5. The summed E-state index contributed by atoms with van der Waals surface area (Å²) in [6.45, 7) is 6.58. The average molecular weight is 375 g/mol. The summed E-state index contributed by atoms with van der Waals surface area (Å²) in [5.41, 5.74) is 0.944. The molecule has 1 amide bonds. The molecule has 0 saturated carbocycles. The van der Waals surface area contributed by atoms with E-state index in [1.807, 2.05) is 35.2 Å². The summed E-state index contributed by atoms with van der Waals surface area (Å²) < 4.78 is 1.62. The van der Waals surface area contributed by atoms with Crippen LogP contribution in [0.25, 0.3) is 0 Å². The van der Waals surface area contributed by atoms with Crippen LogP contribution < -0.4 is 5.69 Å². The number of benzene rings is 1. The van der Waals surface area contributed by atoms with Crippen molar-refractivity contribution in [1.82, 2.24) is 19.7 Å². The zero-order valence-electron chi connectivity index (χ0n) is 15.4. The third kappa shape index (κ3) is 4.78. The van der Waals surface area contributed by atoms with Crippen LogP contribution in [0.1, 0.15) is 25.8 Å². The second-order valence-corrected chi connectivity index (χ2v) is 8.17. The number of nitrogens with zero attached hydrogens (tertiary/aromatic N) is 3. The number of carbonyl (C=O) groups is 1. The highest BCUT2D eigenvalue weighted by Crippen LogP contribution is 2.22. The minimum atomic E-state index is -0.226. The Bertz CT molecular complexity index is 776. The van der Waals surface area contributed by atoms with Gasteiger partial charge in [-0.2, -0.15) is 0 Å². The van der Waals surface area contributed by atoms with Crippen LogP contribution in [0.4, 0.5) is 0 Å². The smallest absolute Gasteiger partial charge is 0.341 e. The Balaban J connectivity index is 1.58. The van der Waals surface area contributed by atoms with Gasteiger partial charge in [0.25, 0.3) is 0 Å². The molecule has 0 unspecified atom stereocenters. The van der Waals surface area contributed by atoms with E-state index in [2.05, 4.69) is 24.0 Å². The van der Waals surface area contributed by atoms with Crippen molar-refractivity contribution in [2.24, 2.45) is 11.8 Å². The SMILES string of the molecule is C[C@H]1C[C@H](C)CN(C(=O)CSc2n[nH]c(=O)n2CCc2ccccc2)C1. The number of aromatic nitrogens is 3. The molecular formula is C19H26N4O2S. The van der Waals surface area contributed by atoms with E-state index in [1.54, 1.807) is 4.57 Å². The van der Waals surface area contributed by atoms with Crippen LogP contribution in [-0.4, -0.2) is 44.4 Å². The first-order valence-electron chi connectivity index (χ1n) is 9.12. The number of hydrogen-bond acceptors (Lipinski definition) is 4. The first-order chi connectivity index (χ1) is 12.5. The van der Waals surface area contributed by atoms with Crippen LogP contribution in [0, 0.1) is 11.8 Å². The number of H-pyrrole nitrogens is 1. The Morgan fingerprint density at radius 2 is 1.92 bits per heavy atom. The van der Waals surface area contributed by atoms with Crippen molar-refractivity contribution in [3.8, 4) is 0 Å². The van der Waals surface area contributed by atoms with Crippen LogP contribution in [0.5, 0.6) is 0 Å². The fraction of sp³-hybridized carbons (Fsp3) is 0.526. The molecule has 1 aliphatic rings. The lowest BCUT2D eigenvalue weighted by atomic mass is 9.92. The highest BCUT2D eigenvalue weighted by Gasteiger charge is 2.25. The number of nitrogens with one attached hydrogen (secondary N) is 1. The molecule has 0 radical (unpaired) electrons. The molecule has 6 nitrogen and oxygen atoms in total. The highest BCUT2D eigenvalue weighted by molar-refractivity contribution is 7.99. The van der Waals surface area contributed by atoms with E-state index >= 15 is 0 Å². The Morgan fingerprint density at radius 1 is 1.23 bits per heavy atom. The third-order valence-electron chi connectivity index (χ3n) is 4.74. The van der Waals surface area contributed by atoms with Gasteiger partial charge in [-0.15, -0.1) is 5.10 Å². The van der Waals surface area contributed by atoms with E-state index < -0.39 is 0 Å². The normalized spacial score (nSPS) is 20.3. The van der Waals surface area contributed by atoms with E-state index in [0.29, 0.717) is 29.3 Å². The standard InChI is InChI=1S/C19H26N4O2S/c1-14-10-15(2)12-22(11-14)17(24)13-26-19-21-20-18(25)23(19)9-8-16-6-4-3-5-7-16/h3-7,14-15H,8-13H2,1-2H3,(H,20,25)/t14-,15-/m0/s1. The lowest BCUT2D eigenvalue weighted by Gasteiger charge is -2.34. The lowest BCUT2D eigenvalue weighted by molar-refractivity contribution is -0.130. The van der Waals surface area contributed by atoms with Crippen molar-refractivity contribution in [1.29, 1.82) is 0 Å². The molecular weight excluding hydrogens is 348 g/mol. The summed E-state index contributed by atoms with van der Waals surface area (Å²) in [5, 5.41) is 7.18. The zero-order valence-corrected chi connectivity index (χ0v) is 16.2. The lowest BCUT2D eigenvalue weighted by Crippen LogP contribution is -2.43. The number of thioether (sulfide) groups is 1. The first kappa shape index (κ1) is 18.8. The van der Waals surface area contributed by atoms with Crippen molar-refractivity contribution >= 4 is 17.7 Å². The van der Waals surface area contributed by atoms with Crippen molar-refractivity contribution < 1.29 is 4.79 Å². The van der Waals surface area contributed by atoms with Crippen molar-refractivity contribution in [3.05, 3.63) is 46.4 Å². The Kier molecular flexibility index (Phi) is 6.19. The number of aryl methyl sites for hydroxylation is 1. The Morgan fingerprint density at radius 3 is 2.62 bits per heavy atom. The molecule has 1 aromatic heterocycles. The minimum Gasteiger partial charge on any atom is -0.341 e. The van der Waals surface area contributed by atoms with Gasteiger partial charge in [0, 0.05) is 19.6 Å². The molecule has 1 fully saturated rings. The van der Waals surface area contributed by atoms with Crippen molar-refractivity contribution in [2.75, 3.05) is 18.8 Å². The number of hydrogen-bond donors (Lipinski definition) is 1. The molecule has 0 spiro atoms. The predicted octanol–water partition coefficient (Wildman–Crippen LogP) is 2.41. The van der Waals surface area contributed by atoms with Crippen LogP contribution in [-0.2, 0) is 17.8 Å². The Hall–Kier alpha value is -2.02. The first-order valence-corrected chi connectivity index (χ1v) is 10.1. The molecule has 1 saturated heterocycles. The maximum absolute atomic E-state index is 12.5. The van der Waals surface area contributed by atoms with E-state index in [1.165, 1.54) is 23.7 Å². The van der Waals surface area contributed by atoms with Gasteiger partial charge in [0.1, 0.15) is 0 Å². The number of aromatic amines is 1. The predicted molar refractivity (Wildman–Crippen MR) is 103 cm³/mol. The zero-order chi connectivity index (χ0) is 18.5. The molecule has 2 heterocycles. The Labute approximate surface area is 158 Å². The second-order valence-electron chi connectivity index (χ2n) is 7.23. The van der Waals surface area contributed by atoms with Gasteiger partial charge < -0.3 is 4.90 Å². The summed E-state index contributed by atoms with van der Waals surface area (Å²) in [6, 6.07) is 10.0. The largest absolute Gasteiger partial charge is 0.343 e. The molecule has 1 aromatic carbocycles. The quantitative estimate of drug-likeness (QED) is 0.788. The van der Waals surface area contributed by atoms with Gasteiger partial charge in [-0.1, -0.05) is 55.9 Å². The van der Waals surface area contributed by atoms with Gasteiger partial charge in [-0.25, -0.2) is 9.89 Å². The molecule has 3 rings (SSSR count). The van der Waals surface area contributed by atoms with E-state index in [4.69, 9.17) is 0 Å². The highest BCUT2D eigenvalue weighted by atomic mass is 32.2. The van der Waals surface area contributed by atoms with Crippen LogP contribution in [0.15, 0.2) is 40.3 Å². The van der Waals surface area contributed by atoms with E-state index in [0.717, 1.165) is 19.5 Å². The van der Waals surface area contributed by atoms with Gasteiger partial charge in [0.2, 0.25) is 5.91 Å². The topological polar surface area (TPSA) is 71.0 Å². The maximum Gasteiger partial charge on any atom is 0.343 e. The average Bonchev–Trinajstić information content (AvgIpc) is 2.97. The fourth-order valence-electron chi connectivity index (χ4n) is 3.58. The summed E-state index contributed by atoms with van der Waals surface area (Å²) in [7, 11) is 0.